The summed E-state index contributed by atoms with van der Waals surface area (Å²) in [6, 6.07) is 5.42. The Kier molecular flexibility index (Phi) is 1.33. The average Bonchev–Trinajstić information content (AvgIpc) is 2.47. The van der Waals surface area contributed by atoms with Crippen molar-refractivity contribution in [1.29, 1.82) is 0 Å². The zero-order valence-corrected chi connectivity index (χ0v) is 6.31. The normalized spacial score (nSPS) is 10.3. The van der Waals surface area contributed by atoms with Crippen molar-refractivity contribution in [3.63, 3.8) is 0 Å². The Morgan fingerprint density at radius 3 is 3.08 bits per heavy atom. The second-order valence-electron chi connectivity index (χ2n) is 2.43. The molecule has 1 N–H and O–H groups in total. The summed E-state index contributed by atoms with van der Waals surface area (Å²) in [5.74, 6) is 0. The molecule has 1 aromatic carbocycles. The minimum atomic E-state index is 0.590. The van der Waals surface area contributed by atoms with Gasteiger partial charge in [-0.05, 0) is 22.9 Å². The van der Waals surface area contributed by atoms with E-state index in [1.54, 1.807) is 18.2 Å². The fourth-order valence-electron chi connectivity index (χ4n) is 1.05. The van der Waals surface area contributed by atoms with Crippen LogP contribution in [-0.2, 0) is 0 Å². The molecule has 60 valence electrons. The van der Waals surface area contributed by atoms with E-state index in [9.17, 15) is 0 Å². The van der Waals surface area contributed by atoms with Crippen LogP contribution < -0.4 is 0 Å². The van der Waals surface area contributed by atoms with Gasteiger partial charge in [-0.25, -0.2) is 0 Å². The summed E-state index contributed by atoms with van der Waals surface area (Å²) in [7, 11) is 0. The molecular weight excluding hydrogens is 154 g/mol. The molecule has 12 heavy (non-hydrogen) atoms. The second kappa shape index (κ2) is 2.34. The van der Waals surface area contributed by atoms with Crippen LogP contribution in [0.2, 0.25) is 0 Å². The van der Waals surface area contributed by atoms with Gasteiger partial charge in [-0.1, -0.05) is 23.6 Å². The van der Waals surface area contributed by atoms with Gasteiger partial charge < -0.3 is 5.21 Å². The van der Waals surface area contributed by atoms with Gasteiger partial charge in [0, 0.05) is 0 Å². The topological polar surface area (TPSA) is 50.9 Å². The van der Waals surface area contributed by atoms with E-state index in [1.807, 2.05) is 6.07 Å². The molecule has 4 heteroatoms. The van der Waals surface area contributed by atoms with E-state index in [0.717, 1.165) is 10.4 Å². The SMILES string of the molecule is C=Cc1ccc2nnn(O)c2c1. The van der Waals surface area contributed by atoms with Crippen molar-refractivity contribution in [2.24, 2.45) is 0 Å². The van der Waals surface area contributed by atoms with Crippen LogP contribution in [-0.4, -0.2) is 20.4 Å². The van der Waals surface area contributed by atoms with Gasteiger partial charge in [0.25, 0.3) is 0 Å². The van der Waals surface area contributed by atoms with E-state index in [4.69, 9.17) is 5.21 Å². The molecule has 0 bridgehead atoms. The van der Waals surface area contributed by atoms with Crippen LogP contribution in [0.5, 0.6) is 0 Å². The largest absolute Gasteiger partial charge is 0.410 e. The van der Waals surface area contributed by atoms with Crippen molar-refractivity contribution >= 4 is 17.1 Å². The summed E-state index contributed by atoms with van der Waals surface area (Å²) in [6.45, 7) is 3.62. The van der Waals surface area contributed by atoms with Crippen LogP contribution in [0.25, 0.3) is 17.1 Å². The molecule has 0 aliphatic rings. The van der Waals surface area contributed by atoms with E-state index >= 15 is 0 Å². The van der Waals surface area contributed by atoms with Crippen LogP contribution in [0.3, 0.4) is 0 Å². The van der Waals surface area contributed by atoms with Gasteiger partial charge in [0.05, 0.1) is 0 Å². The molecule has 0 fully saturated rings. The molecule has 0 spiro atoms. The highest BCUT2D eigenvalue weighted by molar-refractivity contribution is 5.76. The molecule has 1 heterocycles. The molecule has 2 aromatic rings. The van der Waals surface area contributed by atoms with Gasteiger partial charge in [-0.15, -0.1) is 5.10 Å². The first-order valence-corrected chi connectivity index (χ1v) is 3.48. The Morgan fingerprint density at radius 2 is 2.33 bits per heavy atom. The zero-order chi connectivity index (χ0) is 8.55. The standard InChI is InChI=1S/C8H7N3O/c1-2-6-3-4-7-8(5-6)11(12)10-9-7/h2-5,12H,1H2. The quantitative estimate of drug-likeness (QED) is 0.641. The van der Waals surface area contributed by atoms with E-state index in [2.05, 4.69) is 16.9 Å². The van der Waals surface area contributed by atoms with Gasteiger partial charge in [-0.2, -0.15) is 0 Å². The molecule has 0 radical (unpaired) electrons. The maximum Gasteiger partial charge on any atom is 0.131 e. The average molecular weight is 161 g/mol. The second-order valence-corrected chi connectivity index (χ2v) is 2.43. The zero-order valence-electron chi connectivity index (χ0n) is 6.31. The highest BCUT2D eigenvalue weighted by Gasteiger charge is 2.01. The summed E-state index contributed by atoms with van der Waals surface area (Å²) in [5, 5.41) is 16.3. The van der Waals surface area contributed by atoms with Crippen LogP contribution >= 0.6 is 0 Å². The van der Waals surface area contributed by atoms with Crippen molar-refractivity contribution in [3.05, 3.63) is 30.3 Å². The first kappa shape index (κ1) is 6.84. The lowest BCUT2D eigenvalue weighted by Crippen LogP contribution is -1.91. The highest BCUT2D eigenvalue weighted by Crippen LogP contribution is 2.12. The molecule has 4 nitrogen and oxygen atoms in total. The van der Waals surface area contributed by atoms with E-state index in [1.165, 1.54) is 0 Å². The Balaban J connectivity index is 2.79. The van der Waals surface area contributed by atoms with Crippen LogP contribution in [0.1, 0.15) is 5.56 Å². The van der Waals surface area contributed by atoms with E-state index in [0.29, 0.717) is 11.0 Å². The molecule has 2 rings (SSSR count). The Bertz CT molecular complexity index is 433. The van der Waals surface area contributed by atoms with Gasteiger partial charge in [-0.3, -0.25) is 0 Å². The third kappa shape index (κ3) is 0.852. The molecule has 0 saturated heterocycles. The van der Waals surface area contributed by atoms with Crippen LogP contribution in [0.4, 0.5) is 0 Å². The number of rotatable bonds is 1. The molecular formula is C8H7N3O. The summed E-state index contributed by atoms with van der Waals surface area (Å²) in [5.41, 5.74) is 2.19. The van der Waals surface area contributed by atoms with E-state index in [-0.39, 0.29) is 0 Å². The smallest absolute Gasteiger partial charge is 0.131 e. The maximum atomic E-state index is 9.14. The van der Waals surface area contributed by atoms with Crippen LogP contribution in [0, 0.1) is 0 Å². The molecule has 1 aromatic heterocycles. The van der Waals surface area contributed by atoms with Crippen molar-refractivity contribution in [1.82, 2.24) is 15.2 Å². The molecule has 0 aliphatic heterocycles. The number of fused-ring (bicyclic) bond motifs is 1. The molecule has 0 aliphatic carbocycles. The minimum absolute atomic E-state index is 0.590. The monoisotopic (exact) mass is 161 g/mol. The lowest BCUT2D eigenvalue weighted by atomic mass is 10.2. The van der Waals surface area contributed by atoms with Crippen LogP contribution in [0.15, 0.2) is 24.8 Å². The fourth-order valence-corrected chi connectivity index (χ4v) is 1.05. The lowest BCUT2D eigenvalue weighted by molar-refractivity contribution is 0.154. The van der Waals surface area contributed by atoms with Gasteiger partial charge in [0.1, 0.15) is 11.0 Å². The number of hydrogen-bond donors (Lipinski definition) is 1. The van der Waals surface area contributed by atoms with Gasteiger partial charge >= 0.3 is 0 Å². The number of nitrogens with zero attached hydrogens (tertiary/aromatic N) is 3. The molecule has 0 atom stereocenters. The van der Waals surface area contributed by atoms with Crippen molar-refractivity contribution in [2.75, 3.05) is 0 Å². The van der Waals surface area contributed by atoms with E-state index < -0.39 is 0 Å². The lowest BCUT2D eigenvalue weighted by Gasteiger charge is -1.92. The Morgan fingerprint density at radius 1 is 1.50 bits per heavy atom. The third-order valence-electron chi connectivity index (χ3n) is 1.69. The first-order chi connectivity index (χ1) is 5.81. The molecule has 0 saturated carbocycles. The summed E-state index contributed by atoms with van der Waals surface area (Å²) in [6.07, 6.45) is 1.70. The summed E-state index contributed by atoms with van der Waals surface area (Å²) in [4.78, 5) is 0.752. The predicted octanol–water partition coefficient (Wildman–Crippen LogP) is 1.31. The molecule has 0 amide bonds. The Hall–Kier alpha value is -1.84. The fraction of sp³-hybridized carbons (Fsp3) is 0. The summed E-state index contributed by atoms with van der Waals surface area (Å²) < 4.78 is 0. The number of benzene rings is 1. The predicted molar refractivity (Wildman–Crippen MR) is 44.8 cm³/mol. The summed E-state index contributed by atoms with van der Waals surface area (Å²) >= 11 is 0. The number of hydrogen-bond acceptors (Lipinski definition) is 3. The van der Waals surface area contributed by atoms with Gasteiger partial charge in [0.2, 0.25) is 0 Å². The highest BCUT2D eigenvalue weighted by atomic mass is 16.5. The molecule has 0 unspecified atom stereocenters. The number of aromatic nitrogens is 3. The minimum Gasteiger partial charge on any atom is -0.410 e. The first-order valence-electron chi connectivity index (χ1n) is 3.48. The van der Waals surface area contributed by atoms with Crippen molar-refractivity contribution in [2.45, 2.75) is 0 Å². The van der Waals surface area contributed by atoms with Gasteiger partial charge in [0.15, 0.2) is 0 Å². The third-order valence-corrected chi connectivity index (χ3v) is 1.69. The van der Waals surface area contributed by atoms with Crippen molar-refractivity contribution in [3.8, 4) is 0 Å². The Labute approximate surface area is 68.7 Å². The van der Waals surface area contributed by atoms with Crippen molar-refractivity contribution < 1.29 is 5.21 Å². The maximum absolute atomic E-state index is 9.14.